The van der Waals surface area contributed by atoms with Gasteiger partial charge in [0.05, 0.1) is 0 Å². The lowest BCUT2D eigenvalue weighted by Gasteiger charge is -2.49. The van der Waals surface area contributed by atoms with Gasteiger partial charge in [-0.2, -0.15) is 13.2 Å². The number of nitrogens with one attached hydrogen (secondary N) is 1. The molecule has 1 aliphatic rings. The fraction of sp³-hybridized carbons (Fsp3) is 1.00. The van der Waals surface area contributed by atoms with Crippen molar-refractivity contribution >= 4 is 0 Å². The highest BCUT2D eigenvalue weighted by Crippen LogP contribution is 2.31. The zero-order chi connectivity index (χ0) is 16.5. The molecule has 0 aromatic rings. The van der Waals surface area contributed by atoms with Gasteiger partial charge in [0.1, 0.15) is 0 Å². The molecule has 21 heavy (non-hydrogen) atoms. The Morgan fingerprint density at radius 1 is 1.00 bits per heavy atom. The number of halogens is 3. The van der Waals surface area contributed by atoms with E-state index >= 15 is 0 Å². The molecular formula is C16H31F3N2. The van der Waals surface area contributed by atoms with Crippen LogP contribution in [-0.2, 0) is 0 Å². The van der Waals surface area contributed by atoms with E-state index < -0.39 is 12.6 Å². The molecule has 0 bridgehead atoms. The van der Waals surface area contributed by atoms with Gasteiger partial charge in [-0.25, -0.2) is 0 Å². The minimum Gasteiger partial charge on any atom is -0.311 e. The first-order valence-electron chi connectivity index (χ1n) is 7.85. The molecule has 2 atom stereocenters. The molecule has 1 N–H and O–H groups in total. The van der Waals surface area contributed by atoms with Crippen LogP contribution in [0.15, 0.2) is 0 Å². The monoisotopic (exact) mass is 308 g/mol. The Labute approximate surface area is 127 Å². The topological polar surface area (TPSA) is 15.3 Å². The van der Waals surface area contributed by atoms with Crippen LogP contribution in [0.3, 0.4) is 0 Å². The van der Waals surface area contributed by atoms with Crippen LogP contribution in [0.25, 0.3) is 0 Å². The van der Waals surface area contributed by atoms with Crippen molar-refractivity contribution in [1.29, 1.82) is 0 Å². The van der Waals surface area contributed by atoms with Gasteiger partial charge in [0.2, 0.25) is 0 Å². The molecule has 1 heterocycles. The average molecular weight is 308 g/mol. The summed E-state index contributed by atoms with van der Waals surface area (Å²) in [5.74, 6) is 0. The minimum atomic E-state index is -4.05. The van der Waals surface area contributed by atoms with Crippen molar-refractivity contribution in [3.63, 3.8) is 0 Å². The average Bonchev–Trinajstić information content (AvgIpc) is 2.24. The minimum absolute atomic E-state index is 0.0636. The molecule has 1 fully saturated rings. The maximum Gasteiger partial charge on any atom is 0.389 e. The largest absolute Gasteiger partial charge is 0.389 e. The first-order valence-corrected chi connectivity index (χ1v) is 7.85. The molecule has 0 aliphatic carbocycles. The van der Waals surface area contributed by atoms with Crippen molar-refractivity contribution in [3.8, 4) is 0 Å². The molecule has 0 aromatic carbocycles. The van der Waals surface area contributed by atoms with Gasteiger partial charge in [-0.15, -0.1) is 0 Å². The molecular weight excluding hydrogens is 277 g/mol. The predicted molar refractivity (Wildman–Crippen MR) is 81.4 cm³/mol. The lowest BCUT2D eigenvalue weighted by atomic mass is 9.79. The van der Waals surface area contributed by atoms with Gasteiger partial charge < -0.3 is 5.32 Å². The third-order valence-corrected chi connectivity index (χ3v) is 4.37. The fourth-order valence-corrected chi connectivity index (χ4v) is 2.97. The summed E-state index contributed by atoms with van der Waals surface area (Å²) in [4.78, 5) is 2.26. The number of rotatable bonds is 3. The number of nitrogens with zero attached hydrogens (tertiary/aromatic N) is 1. The Morgan fingerprint density at radius 2 is 1.57 bits per heavy atom. The molecule has 0 amide bonds. The Hall–Kier alpha value is -0.290. The van der Waals surface area contributed by atoms with Crippen LogP contribution < -0.4 is 5.32 Å². The normalized spacial score (nSPS) is 26.1. The highest BCUT2D eigenvalue weighted by atomic mass is 19.4. The summed E-state index contributed by atoms with van der Waals surface area (Å²) in [6, 6.07) is 0.603. The van der Waals surface area contributed by atoms with Gasteiger partial charge in [-0.1, -0.05) is 41.5 Å². The molecule has 0 aromatic heterocycles. The predicted octanol–water partition coefficient (Wildman–Crippen LogP) is 4.06. The summed E-state index contributed by atoms with van der Waals surface area (Å²) >= 11 is 0. The van der Waals surface area contributed by atoms with E-state index in [2.05, 4.69) is 51.8 Å². The SMILES string of the molecule is CC(C)(C)C1CN(CCCC(F)(F)F)C(C(C)(C)C)CN1. The lowest BCUT2D eigenvalue weighted by Crippen LogP contribution is -2.63. The molecule has 0 radical (unpaired) electrons. The van der Waals surface area contributed by atoms with E-state index in [-0.39, 0.29) is 23.3 Å². The number of alkyl halides is 3. The van der Waals surface area contributed by atoms with Crippen LogP contribution in [-0.4, -0.2) is 42.8 Å². The third-order valence-electron chi connectivity index (χ3n) is 4.37. The first-order chi connectivity index (χ1) is 9.31. The Morgan fingerprint density at radius 3 is 2.00 bits per heavy atom. The molecule has 2 unspecified atom stereocenters. The zero-order valence-electron chi connectivity index (χ0n) is 14.3. The summed E-state index contributed by atoms with van der Waals surface area (Å²) in [5.41, 5.74) is 0.180. The fourth-order valence-electron chi connectivity index (χ4n) is 2.97. The molecule has 5 heteroatoms. The van der Waals surface area contributed by atoms with E-state index in [4.69, 9.17) is 0 Å². The van der Waals surface area contributed by atoms with Crippen molar-refractivity contribution in [3.05, 3.63) is 0 Å². The highest BCUT2D eigenvalue weighted by Gasteiger charge is 2.39. The van der Waals surface area contributed by atoms with Crippen LogP contribution in [0.1, 0.15) is 54.4 Å². The second-order valence-electron chi connectivity index (χ2n) is 8.42. The Balaban J connectivity index is 2.70. The Kier molecular flexibility index (Phi) is 5.76. The van der Waals surface area contributed by atoms with E-state index in [0.717, 1.165) is 13.1 Å². The van der Waals surface area contributed by atoms with Crippen LogP contribution in [0.4, 0.5) is 13.2 Å². The van der Waals surface area contributed by atoms with Gasteiger partial charge in [-0.3, -0.25) is 4.90 Å². The van der Waals surface area contributed by atoms with Crippen LogP contribution in [0.2, 0.25) is 0 Å². The first kappa shape index (κ1) is 18.8. The summed E-state index contributed by atoms with van der Waals surface area (Å²) in [7, 11) is 0. The molecule has 1 rings (SSSR count). The van der Waals surface area contributed by atoms with Crippen molar-refractivity contribution < 1.29 is 13.2 Å². The van der Waals surface area contributed by atoms with Crippen molar-refractivity contribution in [2.75, 3.05) is 19.6 Å². The summed E-state index contributed by atoms with van der Waals surface area (Å²) < 4.78 is 37.1. The van der Waals surface area contributed by atoms with E-state index in [1.165, 1.54) is 0 Å². The maximum absolute atomic E-state index is 12.4. The number of hydrogen-bond donors (Lipinski definition) is 1. The van der Waals surface area contributed by atoms with Crippen LogP contribution in [0, 0.1) is 10.8 Å². The molecule has 0 saturated carbocycles. The maximum atomic E-state index is 12.4. The summed E-state index contributed by atoms with van der Waals surface area (Å²) in [6.07, 6.45) is -4.55. The molecule has 2 nitrogen and oxygen atoms in total. The molecule has 126 valence electrons. The van der Waals surface area contributed by atoms with E-state index in [9.17, 15) is 13.2 Å². The summed E-state index contributed by atoms with van der Waals surface area (Å²) in [6.45, 7) is 15.2. The molecule has 1 aliphatic heterocycles. The smallest absolute Gasteiger partial charge is 0.311 e. The number of piperazine rings is 1. The van der Waals surface area contributed by atoms with Crippen molar-refractivity contribution in [2.24, 2.45) is 10.8 Å². The molecule has 0 spiro atoms. The van der Waals surface area contributed by atoms with Gasteiger partial charge in [0.15, 0.2) is 0 Å². The van der Waals surface area contributed by atoms with Crippen LogP contribution in [0.5, 0.6) is 0 Å². The van der Waals surface area contributed by atoms with Gasteiger partial charge in [0.25, 0.3) is 0 Å². The van der Waals surface area contributed by atoms with Gasteiger partial charge in [-0.05, 0) is 23.8 Å². The van der Waals surface area contributed by atoms with Crippen LogP contribution >= 0.6 is 0 Å². The summed E-state index contributed by atoms with van der Waals surface area (Å²) in [5, 5.41) is 3.59. The zero-order valence-corrected chi connectivity index (χ0v) is 14.3. The van der Waals surface area contributed by atoms with Gasteiger partial charge in [0, 0.05) is 31.6 Å². The second-order valence-corrected chi connectivity index (χ2v) is 8.42. The lowest BCUT2D eigenvalue weighted by molar-refractivity contribution is -0.137. The van der Waals surface area contributed by atoms with E-state index in [1.54, 1.807) is 0 Å². The third kappa shape index (κ3) is 6.15. The standard InChI is InChI=1S/C16H31F3N2/c1-14(2,3)12-11-21(9-7-8-16(17,18)19)13(10-20-12)15(4,5)6/h12-13,20H,7-11H2,1-6H3. The molecule has 1 saturated heterocycles. The van der Waals surface area contributed by atoms with E-state index in [0.29, 0.717) is 12.6 Å². The van der Waals surface area contributed by atoms with Gasteiger partial charge >= 0.3 is 6.18 Å². The van der Waals surface area contributed by atoms with Crippen molar-refractivity contribution in [1.82, 2.24) is 10.2 Å². The Bertz CT molecular complexity index is 326. The quantitative estimate of drug-likeness (QED) is 0.845. The highest BCUT2D eigenvalue weighted by molar-refractivity contribution is 4.96. The number of hydrogen-bond acceptors (Lipinski definition) is 2. The second kappa shape index (κ2) is 6.45. The van der Waals surface area contributed by atoms with E-state index in [1.807, 2.05) is 0 Å². The van der Waals surface area contributed by atoms with Crippen molar-refractivity contribution in [2.45, 2.75) is 72.6 Å².